The van der Waals surface area contributed by atoms with Crippen molar-refractivity contribution < 1.29 is 23.0 Å². The zero-order chi connectivity index (χ0) is 15.8. The first-order valence-electron chi connectivity index (χ1n) is 6.78. The van der Waals surface area contributed by atoms with E-state index in [4.69, 9.17) is 4.74 Å². The van der Waals surface area contributed by atoms with Crippen LogP contribution in [0.4, 0.5) is 13.2 Å². The molecule has 1 fully saturated rings. The van der Waals surface area contributed by atoms with E-state index in [-0.39, 0.29) is 24.0 Å². The molecule has 0 saturated heterocycles. The normalized spacial score (nSPS) is 25.0. The zero-order valence-electron chi connectivity index (χ0n) is 11.5. The quantitative estimate of drug-likeness (QED) is 0.929. The first kappa shape index (κ1) is 15.5. The molecule has 1 aliphatic carbocycles. The first-order valence-corrected chi connectivity index (χ1v) is 7.66. The summed E-state index contributed by atoms with van der Waals surface area (Å²) in [5.74, 6) is 0. The number of benzene rings is 1. The third-order valence-electron chi connectivity index (χ3n) is 3.65. The second kappa shape index (κ2) is 5.64. The lowest BCUT2D eigenvalue weighted by atomic mass is 9.78. The van der Waals surface area contributed by atoms with E-state index in [0.717, 1.165) is 22.3 Å². The molecule has 1 N–H and O–H groups in total. The molecular formula is C15H14F3NO2S. The average Bonchev–Trinajstić information content (AvgIpc) is 2.93. The van der Waals surface area contributed by atoms with Gasteiger partial charge in [0.05, 0.1) is 12.7 Å². The molecule has 0 spiro atoms. The van der Waals surface area contributed by atoms with Crippen molar-refractivity contribution in [3.63, 3.8) is 0 Å². The number of rotatable bonds is 4. The Bertz CT molecular complexity index is 636. The molecule has 1 aromatic carbocycles. The van der Waals surface area contributed by atoms with Gasteiger partial charge in [0, 0.05) is 18.2 Å². The number of ether oxygens (including phenoxy) is 1. The summed E-state index contributed by atoms with van der Waals surface area (Å²) in [5, 5.41) is 11.4. The summed E-state index contributed by atoms with van der Waals surface area (Å²) >= 11 is 0.839. The van der Waals surface area contributed by atoms with Crippen molar-refractivity contribution in [1.82, 2.24) is 4.98 Å². The van der Waals surface area contributed by atoms with Crippen LogP contribution in [0.3, 0.4) is 0 Å². The highest BCUT2D eigenvalue weighted by Gasteiger charge is 2.48. The SMILES string of the molecule is OC1(c2nc(C(F)(F)F)cs2)CC(OCc2ccccc2)C1. The van der Waals surface area contributed by atoms with Gasteiger partial charge in [0.1, 0.15) is 10.6 Å². The van der Waals surface area contributed by atoms with Crippen LogP contribution in [0.25, 0.3) is 0 Å². The molecule has 2 aromatic rings. The summed E-state index contributed by atoms with van der Waals surface area (Å²) in [4.78, 5) is 3.52. The van der Waals surface area contributed by atoms with Crippen LogP contribution in [0.15, 0.2) is 35.7 Å². The third-order valence-corrected chi connectivity index (χ3v) is 4.69. The molecule has 3 nitrogen and oxygen atoms in total. The van der Waals surface area contributed by atoms with E-state index in [9.17, 15) is 18.3 Å². The maximum Gasteiger partial charge on any atom is 0.434 e. The first-order chi connectivity index (χ1) is 10.4. The second-order valence-corrected chi connectivity index (χ2v) is 6.25. The molecule has 3 rings (SSSR count). The van der Waals surface area contributed by atoms with Gasteiger partial charge in [0.25, 0.3) is 0 Å². The molecule has 1 aromatic heterocycles. The van der Waals surface area contributed by atoms with Gasteiger partial charge >= 0.3 is 6.18 Å². The van der Waals surface area contributed by atoms with Gasteiger partial charge in [-0.15, -0.1) is 11.3 Å². The number of hydrogen-bond donors (Lipinski definition) is 1. The fourth-order valence-electron chi connectivity index (χ4n) is 2.39. The van der Waals surface area contributed by atoms with Gasteiger partial charge in [-0.1, -0.05) is 30.3 Å². The van der Waals surface area contributed by atoms with E-state index in [2.05, 4.69) is 4.98 Å². The van der Waals surface area contributed by atoms with E-state index in [1.807, 2.05) is 30.3 Å². The van der Waals surface area contributed by atoms with Gasteiger partial charge < -0.3 is 9.84 Å². The largest absolute Gasteiger partial charge is 0.434 e. The van der Waals surface area contributed by atoms with Crippen molar-refractivity contribution in [2.75, 3.05) is 0 Å². The molecule has 1 heterocycles. The van der Waals surface area contributed by atoms with Crippen molar-refractivity contribution >= 4 is 11.3 Å². The standard InChI is InChI=1S/C15H14F3NO2S/c16-15(17,18)12-9-22-13(19-12)14(20)6-11(7-14)21-8-10-4-2-1-3-5-10/h1-5,9,11,20H,6-8H2. The van der Waals surface area contributed by atoms with Crippen LogP contribution in [0.1, 0.15) is 29.1 Å². The van der Waals surface area contributed by atoms with Crippen molar-refractivity contribution in [3.8, 4) is 0 Å². The van der Waals surface area contributed by atoms with E-state index in [1.54, 1.807) is 0 Å². The Kier molecular flexibility index (Phi) is 3.96. The minimum atomic E-state index is -4.47. The fraction of sp³-hybridized carbons (Fsp3) is 0.400. The summed E-state index contributed by atoms with van der Waals surface area (Å²) in [6.07, 6.45) is -4.10. The Labute approximate surface area is 129 Å². The van der Waals surface area contributed by atoms with Crippen LogP contribution in [0.2, 0.25) is 0 Å². The maximum atomic E-state index is 12.5. The maximum absolute atomic E-state index is 12.5. The number of nitrogens with zero attached hydrogens (tertiary/aromatic N) is 1. The highest BCUT2D eigenvalue weighted by atomic mass is 32.1. The molecule has 118 valence electrons. The molecule has 22 heavy (non-hydrogen) atoms. The van der Waals surface area contributed by atoms with Crippen LogP contribution in [0, 0.1) is 0 Å². The van der Waals surface area contributed by atoms with Gasteiger partial charge in [-0.2, -0.15) is 13.2 Å². The predicted molar refractivity (Wildman–Crippen MR) is 75.3 cm³/mol. The molecule has 0 radical (unpaired) electrons. The van der Waals surface area contributed by atoms with Crippen LogP contribution >= 0.6 is 11.3 Å². The number of hydrogen-bond acceptors (Lipinski definition) is 4. The summed E-state index contributed by atoms with van der Waals surface area (Å²) in [5.41, 5.74) is -1.23. The van der Waals surface area contributed by atoms with Gasteiger partial charge in [0.2, 0.25) is 0 Å². The lowest BCUT2D eigenvalue weighted by molar-refractivity contribution is -0.152. The number of aliphatic hydroxyl groups is 1. The molecule has 1 saturated carbocycles. The van der Waals surface area contributed by atoms with E-state index < -0.39 is 17.5 Å². The molecular weight excluding hydrogens is 315 g/mol. The molecule has 7 heteroatoms. The van der Waals surface area contributed by atoms with Crippen LogP contribution in [-0.4, -0.2) is 16.2 Å². The summed E-state index contributed by atoms with van der Waals surface area (Å²) in [7, 11) is 0. The van der Waals surface area contributed by atoms with Gasteiger partial charge in [-0.3, -0.25) is 0 Å². The number of aromatic nitrogens is 1. The zero-order valence-corrected chi connectivity index (χ0v) is 12.3. The van der Waals surface area contributed by atoms with Crippen molar-refractivity contribution in [1.29, 1.82) is 0 Å². The van der Waals surface area contributed by atoms with E-state index >= 15 is 0 Å². The number of alkyl halides is 3. The van der Waals surface area contributed by atoms with E-state index in [0.29, 0.717) is 6.61 Å². The third kappa shape index (κ3) is 3.16. The topological polar surface area (TPSA) is 42.4 Å². The molecule has 0 atom stereocenters. The lowest BCUT2D eigenvalue weighted by Crippen LogP contribution is -2.45. The highest BCUT2D eigenvalue weighted by Crippen LogP contribution is 2.45. The summed E-state index contributed by atoms with van der Waals surface area (Å²) in [6, 6.07) is 9.59. The van der Waals surface area contributed by atoms with Crippen LogP contribution in [-0.2, 0) is 23.1 Å². The Morgan fingerprint density at radius 2 is 1.95 bits per heavy atom. The van der Waals surface area contributed by atoms with Gasteiger partial charge in [-0.25, -0.2) is 4.98 Å². The smallest absolute Gasteiger partial charge is 0.382 e. The summed E-state index contributed by atoms with van der Waals surface area (Å²) in [6.45, 7) is 0.424. The Morgan fingerprint density at radius 1 is 1.27 bits per heavy atom. The van der Waals surface area contributed by atoms with Crippen molar-refractivity contribution in [2.45, 2.75) is 37.3 Å². The molecule has 0 amide bonds. The minimum Gasteiger partial charge on any atom is -0.382 e. The Morgan fingerprint density at radius 3 is 2.55 bits per heavy atom. The van der Waals surface area contributed by atoms with Gasteiger partial charge in [0.15, 0.2) is 5.69 Å². The fourth-order valence-corrected chi connectivity index (χ4v) is 3.34. The predicted octanol–water partition coefficient (Wildman–Crippen LogP) is 3.73. The number of thiazole rings is 1. The van der Waals surface area contributed by atoms with E-state index in [1.165, 1.54) is 0 Å². The minimum absolute atomic E-state index is 0.111. The molecule has 1 aliphatic rings. The Balaban J connectivity index is 1.56. The monoisotopic (exact) mass is 329 g/mol. The molecule has 0 bridgehead atoms. The van der Waals surface area contributed by atoms with Gasteiger partial charge in [-0.05, 0) is 5.56 Å². The van der Waals surface area contributed by atoms with Crippen molar-refractivity contribution in [2.24, 2.45) is 0 Å². The number of halogens is 3. The molecule has 0 aliphatic heterocycles. The molecule has 0 unspecified atom stereocenters. The van der Waals surface area contributed by atoms with Crippen molar-refractivity contribution in [3.05, 3.63) is 52.0 Å². The highest BCUT2D eigenvalue weighted by molar-refractivity contribution is 7.09. The average molecular weight is 329 g/mol. The summed E-state index contributed by atoms with van der Waals surface area (Å²) < 4.78 is 43.3. The lowest BCUT2D eigenvalue weighted by Gasteiger charge is -2.41. The van der Waals surface area contributed by atoms with Crippen LogP contribution < -0.4 is 0 Å². The van der Waals surface area contributed by atoms with Crippen LogP contribution in [0.5, 0.6) is 0 Å². The second-order valence-electron chi connectivity index (χ2n) is 5.39. The Hall–Kier alpha value is -1.44.